The lowest BCUT2D eigenvalue weighted by Crippen LogP contribution is -1.50. The molecule has 0 radical (unpaired) electrons. The Morgan fingerprint density at radius 3 is 1.75 bits per heavy atom. The molecule has 1 saturated heterocycles. The van der Waals surface area contributed by atoms with Gasteiger partial charge in [0.05, 0.1) is 0 Å². The highest BCUT2D eigenvalue weighted by Gasteiger charge is 2.15. The van der Waals surface area contributed by atoms with Crippen LogP contribution in [0.25, 0.3) is 0 Å². The van der Waals surface area contributed by atoms with Gasteiger partial charge in [0.2, 0.25) is 0 Å². The second-order valence-corrected chi connectivity index (χ2v) is 1.37. The van der Waals surface area contributed by atoms with Crippen LogP contribution in [0.1, 0.15) is 27.7 Å². The third-order valence-electron chi connectivity index (χ3n) is 0.262. The monoisotopic (exact) mass is 118 g/mol. The molecule has 8 heavy (non-hydrogen) atoms. The van der Waals surface area contributed by atoms with E-state index in [0.717, 1.165) is 0 Å². The van der Waals surface area contributed by atoms with Gasteiger partial charge in [-0.25, -0.2) is 4.79 Å². The predicted molar refractivity (Wildman–Crippen MR) is 33.7 cm³/mol. The first-order valence-corrected chi connectivity index (χ1v) is 2.46. The largest absolute Gasteiger partial charge is 0.451 e. The van der Waals surface area contributed by atoms with Gasteiger partial charge in [0.25, 0.3) is 0 Å². The lowest BCUT2D eigenvalue weighted by molar-refractivity contribution is -0.117. The van der Waals surface area contributed by atoms with Crippen LogP contribution >= 0.6 is 0 Å². The second kappa shape index (κ2) is 6.47. The summed E-state index contributed by atoms with van der Waals surface area (Å²) < 4.78 is 4.07. The van der Waals surface area contributed by atoms with Crippen LogP contribution in [0.15, 0.2) is 0 Å². The highest BCUT2D eigenvalue weighted by molar-refractivity contribution is 5.82. The number of carbonyl (C=O) groups is 1. The zero-order valence-electron chi connectivity index (χ0n) is 4.73. The number of rotatable bonds is 0. The number of cyclic esters (lactones) is 1. The van der Waals surface area contributed by atoms with E-state index in [4.69, 9.17) is 0 Å². The first kappa shape index (κ1) is 10.5. The van der Waals surface area contributed by atoms with Crippen molar-refractivity contribution in [1.29, 1.82) is 0 Å². The van der Waals surface area contributed by atoms with Gasteiger partial charge >= 0.3 is 5.97 Å². The molecule has 2 heteroatoms. The average molecular weight is 118 g/mol. The quantitative estimate of drug-likeness (QED) is 0.452. The normalized spacial score (nSPS) is 12.0. The molecule has 0 aromatic carbocycles. The summed E-state index contributed by atoms with van der Waals surface area (Å²) in [5.74, 6) is -0.0833. The number of hydrogen-bond donors (Lipinski definition) is 0. The van der Waals surface area contributed by atoms with Crippen LogP contribution in [0, 0.1) is 0 Å². The Labute approximate surface area is 50.8 Å². The minimum Gasteiger partial charge on any atom is -0.451 e. The predicted octanol–water partition coefficient (Wildman–Crippen LogP) is 1.60. The smallest absolute Gasteiger partial charge is 0.344 e. The van der Waals surface area contributed by atoms with Crippen LogP contribution in [-0.2, 0) is 9.53 Å². The molecule has 0 unspecified atom stereocenters. The van der Waals surface area contributed by atoms with E-state index in [1.807, 2.05) is 0 Å². The van der Waals surface area contributed by atoms with Gasteiger partial charge in [-0.15, -0.1) is 0 Å². The van der Waals surface area contributed by atoms with E-state index in [2.05, 4.69) is 18.6 Å². The zero-order valence-corrected chi connectivity index (χ0v) is 4.73. The number of epoxide rings is 1. The van der Waals surface area contributed by atoms with Crippen molar-refractivity contribution in [3.8, 4) is 0 Å². The molecule has 0 bridgehead atoms. The van der Waals surface area contributed by atoms with E-state index in [1.54, 1.807) is 0 Å². The minimum absolute atomic E-state index is 0. The van der Waals surface area contributed by atoms with Gasteiger partial charge < -0.3 is 4.74 Å². The van der Waals surface area contributed by atoms with E-state index in [1.165, 1.54) is 6.42 Å². The summed E-state index contributed by atoms with van der Waals surface area (Å²) >= 11 is 0. The Morgan fingerprint density at radius 1 is 1.62 bits per heavy atom. The fraction of sp³-hybridized carbons (Fsp3) is 0.833. The lowest BCUT2D eigenvalue weighted by Gasteiger charge is -1.48. The Morgan fingerprint density at radius 2 is 1.75 bits per heavy atom. The molecule has 0 spiro atoms. The minimum atomic E-state index is -0.0833. The summed E-state index contributed by atoms with van der Waals surface area (Å²) in [6.07, 6.45) is 1.25. The molecule has 1 fully saturated rings. The SMILES string of the molecule is C.CCC.O=C1CO1. The van der Waals surface area contributed by atoms with Crippen molar-refractivity contribution in [3.05, 3.63) is 0 Å². The van der Waals surface area contributed by atoms with Crippen molar-refractivity contribution in [2.45, 2.75) is 27.7 Å². The van der Waals surface area contributed by atoms with E-state index in [-0.39, 0.29) is 13.4 Å². The molecule has 0 atom stereocenters. The summed E-state index contributed by atoms with van der Waals surface area (Å²) in [5, 5.41) is 0. The van der Waals surface area contributed by atoms with Crippen molar-refractivity contribution in [2.24, 2.45) is 0 Å². The maximum atomic E-state index is 9.33. The van der Waals surface area contributed by atoms with Gasteiger partial charge in [-0.2, -0.15) is 0 Å². The molecular weight excluding hydrogens is 104 g/mol. The molecule has 0 aromatic rings. The van der Waals surface area contributed by atoms with E-state index >= 15 is 0 Å². The maximum absolute atomic E-state index is 9.33. The molecule has 0 N–H and O–H groups in total. The van der Waals surface area contributed by atoms with Crippen LogP contribution in [-0.4, -0.2) is 12.6 Å². The van der Waals surface area contributed by atoms with Crippen LogP contribution in [0.4, 0.5) is 0 Å². The van der Waals surface area contributed by atoms with Crippen molar-refractivity contribution < 1.29 is 9.53 Å². The van der Waals surface area contributed by atoms with Crippen molar-refractivity contribution in [3.63, 3.8) is 0 Å². The van der Waals surface area contributed by atoms with Gasteiger partial charge in [-0.1, -0.05) is 27.7 Å². The maximum Gasteiger partial charge on any atom is 0.344 e. The summed E-state index contributed by atoms with van der Waals surface area (Å²) in [6.45, 7) is 4.60. The Hall–Kier alpha value is -0.530. The standard InChI is InChI=1S/C3H8.C2H2O2.CH4/c1-3-2;3-2-1-4-2;/h3H2,1-2H3;1H2;1H4. The molecular formula is C6H14O2. The molecule has 1 rings (SSSR count). The van der Waals surface area contributed by atoms with Gasteiger partial charge in [0.15, 0.2) is 6.61 Å². The molecule has 1 aliphatic rings. The van der Waals surface area contributed by atoms with Crippen molar-refractivity contribution >= 4 is 5.97 Å². The molecule has 0 aromatic heterocycles. The Kier molecular flexibility index (Phi) is 8.45. The van der Waals surface area contributed by atoms with Crippen molar-refractivity contribution in [2.75, 3.05) is 6.61 Å². The Bertz CT molecular complexity index is 53.5. The highest BCUT2D eigenvalue weighted by atomic mass is 16.6. The molecule has 2 nitrogen and oxygen atoms in total. The number of ether oxygens (including phenoxy) is 1. The summed E-state index contributed by atoms with van der Waals surface area (Å²) in [4.78, 5) is 9.33. The fourth-order valence-electron chi connectivity index (χ4n) is 0.0295. The number of hydrogen-bond acceptors (Lipinski definition) is 2. The van der Waals surface area contributed by atoms with Gasteiger partial charge in [-0.05, 0) is 0 Å². The summed E-state index contributed by atoms with van der Waals surface area (Å²) in [5.41, 5.74) is 0. The van der Waals surface area contributed by atoms with E-state index < -0.39 is 0 Å². The van der Waals surface area contributed by atoms with Crippen LogP contribution < -0.4 is 0 Å². The van der Waals surface area contributed by atoms with E-state index in [0.29, 0.717) is 6.61 Å². The first-order chi connectivity index (χ1) is 3.31. The highest BCUT2D eigenvalue weighted by Crippen LogP contribution is 1.90. The second-order valence-electron chi connectivity index (χ2n) is 1.37. The molecule has 1 aliphatic heterocycles. The Balaban J connectivity index is 0. The average Bonchev–Trinajstić information content (AvgIpc) is 2.25. The van der Waals surface area contributed by atoms with Gasteiger partial charge in [0, 0.05) is 0 Å². The van der Waals surface area contributed by atoms with Gasteiger partial charge in [-0.3, -0.25) is 0 Å². The molecule has 1 heterocycles. The molecule has 0 amide bonds. The molecule has 0 saturated carbocycles. The fourth-order valence-corrected chi connectivity index (χ4v) is 0.0295. The lowest BCUT2D eigenvalue weighted by atomic mass is 10.6. The third-order valence-corrected chi connectivity index (χ3v) is 0.262. The van der Waals surface area contributed by atoms with Crippen LogP contribution in [0.2, 0.25) is 0 Å². The first-order valence-electron chi connectivity index (χ1n) is 2.46. The number of carbonyl (C=O) groups excluding carboxylic acids is 1. The summed E-state index contributed by atoms with van der Waals surface area (Å²) in [6, 6.07) is 0. The summed E-state index contributed by atoms with van der Waals surface area (Å²) in [7, 11) is 0. The topological polar surface area (TPSA) is 29.6 Å². The van der Waals surface area contributed by atoms with Crippen LogP contribution in [0.3, 0.4) is 0 Å². The zero-order chi connectivity index (χ0) is 5.70. The molecule has 0 aliphatic carbocycles. The van der Waals surface area contributed by atoms with Crippen molar-refractivity contribution in [1.82, 2.24) is 0 Å². The molecule has 50 valence electrons. The third kappa shape index (κ3) is 17.9. The van der Waals surface area contributed by atoms with Gasteiger partial charge in [0.1, 0.15) is 0 Å². The van der Waals surface area contributed by atoms with E-state index in [9.17, 15) is 4.79 Å². The van der Waals surface area contributed by atoms with Crippen LogP contribution in [0.5, 0.6) is 0 Å².